The number of hydrogen-bond donors (Lipinski definition) is 1. The van der Waals surface area contributed by atoms with Gasteiger partial charge in [0.05, 0.1) is 11.2 Å². The summed E-state index contributed by atoms with van der Waals surface area (Å²) in [7, 11) is 0. The minimum atomic E-state index is 0.473. The van der Waals surface area contributed by atoms with Crippen LogP contribution in [0.1, 0.15) is 11.1 Å². The van der Waals surface area contributed by atoms with Gasteiger partial charge in [0.15, 0.2) is 5.15 Å². The van der Waals surface area contributed by atoms with Gasteiger partial charge in [0.2, 0.25) is 0 Å². The summed E-state index contributed by atoms with van der Waals surface area (Å²) in [5.74, 6) is 0. The number of halogens is 2. The minimum absolute atomic E-state index is 0.473. The normalized spacial score (nSPS) is 10.8. The summed E-state index contributed by atoms with van der Waals surface area (Å²) in [5.41, 5.74) is 3.86. The molecule has 0 bridgehead atoms. The molecule has 0 radical (unpaired) electrons. The van der Waals surface area contributed by atoms with Crippen LogP contribution in [0.5, 0.6) is 0 Å². The van der Waals surface area contributed by atoms with Gasteiger partial charge in [0, 0.05) is 29.3 Å². The summed E-state index contributed by atoms with van der Waals surface area (Å²) in [4.78, 5) is 8.52. The third-order valence-electron chi connectivity index (χ3n) is 3.37. The van der Waals surface area contributed by atoms with Crippen LogP contribution in [0.15, 0.2) is 42.7 Å². The van der Waals surface area contributed by atoms with E-state index < -0.39 is 0 Å². The van der Waals surface area contributed by atoms with Gasteiger partial charge in [-0.25, -0.2) is 4.98 Å². The molecule has 3 nitrogen and oxygen atoms in total. The summed E-state index contributed by atoms with van der Waals surface area (Å²) in [5, 5.41) is 5.46. The number of benzene rings is 1. The van der Waals surface area contributed by atoms with Gasteiger partial charge >= 0.3 is 0 Å². The molecule has 0 amide bonds. The average molecular weight is 318 g/mol. The summed E-state index contributed by atoms with van der Waals surface area (Å²) in [6.07, 6.45) is 3.46. The number of aromatic nitrogens is 2. The third-order valence-corrected chi connectivity index (χ3v) is 3.98. The summed E-state index contributed by atoms with van der Waals surface area (Å²) >= 11 is 12.3. The van der Waals surface area contributed by atoms with Crippen molar-refractivity contribution in [3.05, 3.63) is 64.0 Å². The zero-order valence-electron chi connectivity index (χ0n) is 11.4. The van der Waals surface area contributed by atoms with Crippen LogP contribution in [0, 0.1) is 6.92 Å². The summed E-state index contributed by atoms with van der Waals surface area (Å²) < 4.78 is 0. The van der Waals surface area contributed by atoms with Crippen molar-refractivity contribution in [2.45, 2.75) is 13.5 Å². The molecule has 0 aliphatic rings. The van der Waals surface area contributed by atoms with Crippen LogP contribution in [-0.2, 0) is 6.54 Å². The highest BCUT2D eigenvalue weighted by atomic mass is 35.5. The number of anilines is 1. The molecule has 0 spiro atoms. The number of nitrogens with zero attached hydrogens (tertiary/aromatic N) is 2. The van der Waals surface area contributed by atoms with Crippen LogP contribution >= 0.6 is 23.2 Å². The van der Waals surface area contributed by atoms with Crippen molar-refractivity contribution < 1.29 is 0 Å². The predicted molar refractivity (Wildman–Crippen MR) is 88.1 cm³/mol. The highest BCUT2D eigenvalue weighted by Gasteiger charge is 2.08. The molecule has 0 unspecified atom stereocenters. The van der Waals surface area contributed by atoms with E-state index in [9.17, 15) is 0 Å². The van der Waals surface area contributed by atoms with E-state index in [1.165, 1.54) is 0 Å². The Morgan fingerprint density at radius 1 is 1.05 bits per heavy atom. The Balaban J connectivity index is 1.94. The van der Waals surface area contributed by atoms with Gasteiger partial charge in [-0.05, 0) is 42.3 Å². The highest BCUT2D eigenvalue weighted by molar-refractivity contribution is 6.35. The van der Waals surface area contributed by atoms with Crippen molar-refractivity contribution in [3.63, 3.8) is 0 Å². The van der Waals surface area contributed by atoms with E-state index in [0.29, 0.717) is 16.7 Å². The van der Waals surface area contributed by atoms with Crippen LogP contribution in [0.2, 0.25) is 10.2 Å². The fraction of sp³-hybridized carbons (Fsp3) is 0.125. The smallest absolute Gasteiger partial charge is 0.152 e. The second kappa shape index (κ2) is 5.88. The highest BCUT2D eigenvalue weighted by Crippen LogP contribution is 2.27. The van der Waals surface area contributed by atoms with Crippen molar-refractivity contribution in [3.8, 4) is 0 Å². The molecule has 3 rings (SSSR count). The quantitative estimate of drug-likeness (QED) is 0.701. The van der Waals surface area contributed by atoms with Gasteiger partial charge in [-0.2, -0.15) is 0 Å². The van der Waals surface area contributed by atoms with Crippen molar-refractivity contribution in [2.24, 2.45) is 0 Å². The number of fused-ring (bicyclic) bond motifs is 1. The molecule has 5 heteroatoms. The van der Waals surface area contributed by atoms with Crippen LogP contribution < -0.4 is 5.32 Å². The molecule has 0 aliphatic carbocycles. The first-order chi connectivity index (χ1) is 10.2. The number of nitrogens with one attached hydrogen (secondary N) is 1. The Bertz CT molecular complexity index is 782. The largest absolute Gasteiger partial charge is 0.378 e. The van der Waals surface area contributed by atoms with Gasteiger partial charge in [-0.3, -0.25) is 4.98 Å². The van der Waals surface area contributed by atoms with Crippen LogP contribution in [-0.4, -0.2) is 9.97 Å². The number of aryl methyl sites for hydroxylation is 1. The van der Waals surface area contributed by atoms with Gasteiger partial charge in [0.1, 0.15) is 0 Å². The molecule has 0 saturated heterocycles. The lowest BCUT2D eigenvalue weighted by atomic mass is 10.1. The van der Waals surface area contributed by atoms with E-state index >= 15 is 0 Å². The zero-order valence-corrected chi connectivity index (χ0v) is 12.9. The van der Waals surface area contributed by atoms with E-state index in [1.807, 2.05) is 37.3 Å². The summed E-state index contributed by atoms with van der Waals surface area (Å²) in [6, 6.07) is 9.64. The van der Waals surface area contributed by atoms with Crippen molar-refractivity contribution >= 4 is 39.8 Å². The van der Waals surface area contributed by atoms with Crippen molar-refractivity contribution in [2.75, 3.05) is 5.32 Å². The maximum atomic E-state index is 6.21. The Labute approximate surface area is 132 Å². The number of hydrogen-bond acceptors (Lipinski definition) is 3. The third kappa shape index (κ3) is 2.80. The van der Waals surface area contributed by atoms with E-state index in [0.717, 1.165) is 27.7 Å². The maximum absolute atomic E-state index is 6.21. The Morgan fingerprint density at radius 3 is 2.71 bits per heavy atom. The topological polar surface area (TPSA) is 37.8 Å². The second-order valence-electron chi connectivity index (χ2n) is 4.75. The molecule has 0 atom stereocenters. The lowest BCUT2D eigenvalue weighted by Crippen LogP contribution is -2.03. The van der Waals surface area contributed by atoms with Crippen LogP contribution in [0.3, 0.4) is 0 Å². The van der Waals surface area contributed by atoms with Crippen LogP contribution in [0.4, 0.5) is 5.69 Å². The Kier molecular flexibility index (Phi) is 3.95. The molecule has 1 N–H and O–H groups in total. The second-order valence-corrected chi connectivity index (χ2v) is 5.52. The predicted octanol–water partition coefficient (Wildman–Crippen LogP) is 4.86. The molecule has 2 aromatic heterocycles. The minimum Gasteiger partial charge on any atom is -0.378 e. The lowest BCUT2D eigenvalue weighted by molar-refractivity contribution is 1.13. The Morgan fingerprint density at radius 2 is 1.90 bits per heavy atom. The molecular formula is C16H13Cl2N3. The SMILES string of the molecule is Cc1ccnc(Cl)c1NCc1ccc(Cl)c2cccnc12. The molecule has 0 aliphatic heterocycles. The first-order valence-electron chi connectivity index (χ1n) is 6.54. The first-order valence-corrected chi connectivity index (χ1v) is 7.29. The lowest BCUT2D eigenvalue weighted by Gasteiger charge is -2.12. The maximum Gasteiger partial charge on any atom is 0.152 e. The standard InChI is InChI=1S/C16H13Cl2N3/c1-10-6-8-20-16(18)14(10)21-9-11-4-5-13(17)12-3-2-7-19-15(11)12/h2-8,21H,9H2,1H3. The molecule has 3 aromatic rings. The fourth-order valence-corrected chi connectivity index (χ4v) is 2.75. The number of rotatable bonds is 3. The van der Waals surface area contributed by atoms with Gasteiger partial charge in [-0.1, -0.05) is 29.3 Å². The average Bonchev–Trinajstić information content (AvgIpc) is 2.49. The van der Waals surface area contributed by atoms with Gasteiger partial charge < -0.3 is 5.32 Å². The van der Waals surface area contributed by atoms with E-state index in [4.69, 9.17) is 23.2 Å². The Hall–Kier alpha value is -1.84. The van der Waals surface area contributed by atoms with E-state index in [2.05, 4.69) is 15.3 Å². The first kappa shape index (κ1) is 14.1. The zero-order chi connectivity index (χ0) is 14.8. The van der Waals surface area contributed by atoms with Crippen LogP contribution in [0.25, 0.3) is 10.9 Å². The van der Waals surface area contributed by atoms with Crippen molar-refractivity contribution in [1.82, 2.24) is 9.97 Å². The van der Waals surface area contributed by atoms with E-state index in [-0.39, 0.29) is 0 Å². The monoisotopic (exact) mass is 317 g/mol. The molecule has 106 valence electrons. The van der Waals surface area contributed by atoms with Gasteiger partial charge in [-0.15, -0.1) is 0 Å². The summed E-state index contributed by atoms with van der Waals surface area (Å²) in [6.45, 7) is 2.60. The molecule has 1 aromatic carbocycles. The molecule has 0 saturated carbocycles. The van der Waals surface area contributed by atoms with Gasteiger partial charge in [0.25, 0.3) is 0 Å². The molecular weight excluding hydrogens is 305 g/mol. The van der Waals surface area contributed by atoms with E-state index in [1.54, 1.807) is 12.4 Å². The molecule has 21 heavy (non-hydrogen) atoms. The molecule has 0 fully saturated rings. The van der Waals surface area contributed by atoms with Crippen molar-refractivity contribution in [1.29, 1.82) is 0 Å². The molecule has 2 heterocycles. The fourth-order valence-electron chi connectivity index (χ4n) is 2.26. The number of pyridine rings is 2.